The van der Waals surface area contributed by atoms with E-state index in [1.165, 1.54) is 0 Å². The predicted octanol–water partition coefficient (Wildman–Crippen LogP) is -42.0. The zero-order valence-electron chi connectivity index (χ0n) is 6.59. The third kappa shape index (κ3) is 234. The summed E-state index contributed by atoms with van der Waals surface area (Å²) in [7, 11) is 0. The van der Waals surface area contributed by atoms with Crippen LogP contribution in [0.2, 0.25) is 0 Å². The standard InChI is InChI=1S/14ClH.Nb.Ta.W/h14*1H;;;/q;;;;;;;;;;;;;;2*+5;+4/p-14. The summed E-state index contributed by atoms with van der Waals surface area (Å²) in [6.07, 6.45) is 0. The van der Waals surface area contributed by atoms with Crippen LogP contribution in [0.4, 0.5) is 0 Å². The van der Waals surface area contributed by atoms with Crippen molar-refractivity contribution in [2.75, 3.05) is 0 Å². The van der Waals surface area contributed by atoms with Gasteiger partial charge in [-0.1, -0.05) is 0 Å². The van der Waals surface area contributed by atoms with E-state index in [1.807, 2.05) is 0 Å². The third-order valence-corrected chi connectivity index (χ3v) is 0. The minimum Gasteiger partial charge on any atom is -1.00 e. The SMILES string of the molecule is [Cl-].[Cl-].[Cl-].[Cl-].[Cl-].[Cl-].[Cl-].[Cl-].[Cl-].[Cl-].[Cl-].[Cl-].[Cl-].[Cl-].[Nb+5].[Ta+5].[W+4]. The summed E-state index contributed by atoms with van der Waals surface area (Å²) in [6.45, 7) is 0. The summed E-state index contributed by atoms with van der Waals surface area (Å²) in [4.78, 5) is 0. The van der Waals surface area contributed by atoms with Gasteiger partial charge in [0.25, 0.3) is 0 Å². The van der Waals surface area contributed by atoms with Crippen molar-refractivity contribution in [2.45, 2.75) is 0 Å². The Morgan fingerprint density at radius 2 is 0.235 bits per heavy atom. The van der Waals surface area contributed by atoms with E-state index < -0.39 is 0 Å². The first kappa shape index (κ1) is 296. The van der Waals surface area contributed by atoms with E-state index >= 15 is 0 Å². The molecule has 0 aliphatic carbocycles. The predicted molar refractivity (Wildman–Crippen MR) is 0 cm³/mol. The number of hydrogen-bond donors (Lipinski definition) is 0. The topological polar surface area (TPSA) is 0 Å². The van der Waals surface area contributed by atoms with E-state index in [2.05, 4.69) is 0 Å². The molecule has 0 aliphatic heterocycles. The first-order valence-corrected chi connectivity index (χ1v) is 0. The maximum Gasteiger partial charge on any atom is 5.00 e. The summed E-state index contributed by atoms with van der Waals surface area (Å²) >= 11 is 0. The molecular weight excluding hydrogens is 954 g/mol. The van der Waals surface area contributed by atoms with Crippen LogP contribution in [-0.4, -0.2) is 0 Å². The maximum absolute atomic E-state index is 0. The van der Waals surface area contributed by atoms with E-state index in [1.54, 1.807) is 0 Å². The normalized spacial score (nSPS) is 0. The van der Waals surface area contributed by atoms with Crippen LogP contribution < -0.4 is 174 Å². The Hall–Kier alpha value is 6.23. The Bertz CT molecular complexity index is 16.2. The third-order valence-electron chi connectivity index (χ3n) is 0. The van der Waals surface area contributed by atoms with Gasteiger partial charge in [0.2, 0.25) is 0 Å². The van der Waals surface area contributed by atoms with E-state index in [4.69, 9.17) is 0 Å². The van der Waals surface area contributed by atoms with E-state index in [-0.39, 0.29) is 240 Å². The first-order valence-electron chi connectivity index (χ1n) is 0. The van der Waals surface area contributed by atoms with Crippen molar-refractivity contribution < 1.29 is 240 Å². The van der Waals surface area contributed by atoms with E-state index in [0.29, 0.717) is 0 Å². The van der Waals surface area contributed by atoms with E-state index in [0.717, 1.165) is 0 Å². The molecule has 17 heteroatoms. The second-order valence-electron chi connectivity index (χ2n) is 0. The Kier molecular flexibility index (Phi) is 4490. The quantitative estimate of drug-likeness (QED) is 0.212. The molecule has 0 radical (unpaired) electrons. The average Bonchev–Trinajstić information content (AvgIpc) is 0. The molecule has 0 heterocycles. The Morgan fingerprint density at radius 3 is 0.235 bits per heavy atom. The molecule has 0 bridgehead atoms. The van der Waals surface area contributed by atoms with Crippen molar-refractivity contribution in [3.8, 4) is 0 Å². The van der Waals surface area contributed by atoms with Crippen LogP contribution in [0.1, 0.15) is 0 Å². The Labute approximate surface area is 235 Å². The summed E-state index contributed by atoms with van der Waals surface area (Å²) < 4.78 is 0. The Balaban J connectivity index is 0. The van der Waals surface area contributed by atoms with Gasteiger partial charge in [0.15, 0.2) is 0 Å². The maximum atomic E-state index is 0. The molecule has 114 valence electrons. The largest absolute Gasteiger partial charge is 5.00 e. The summed E-state index contributed by atoms with van der Waals surface area (Å²) in [5.74, 6) is 0. The van der Waals surface area contributed by atoms with Gasteiger partial charge in [-0.05, 0) is 0 Å². The molecule has 0 aromatic heterocycles. The van der Waals surface area contributed by atoms with Gasteiger partial charge < -0.3 is 174 Å². The Morgan fingerprint density at radius 1 is 0.235 bits per heavy atom. The van der Waals surface area contributed by atoms with Crippen LogP contribution in [0.25, 0.3) is 0 Å². The zero-order valence-corrected chi connectivity index (χ0v) is 25.5. The van der Waals surface area contributed by atoms with Gasteiger partial charge in [-0.15, -0.1) is 0 Å². The van der Waals surface area contributed by atoms with Crippen molar-refractivity contribution in [3.05, 3.63) is 0 Å². The molecule has 17 heavy (non-hydrogen) atoms. The van der Waals surface area contributed by atoms with Crippen LogP contribution in [0, 0.1) is 0 Å². The summed E-state index contributed by atoms with van der Waals surface area (Å²) in [5.41, 5.74) is 0. The van der Waals surface area contributed by atoms with Gasteiger partial charge in [-0.3, -0.25) is 0 Å². The molecule has 0 saturated carbocycles. The summed E-state index contributed by atoms with van der Waals surface area (Å²) in [5, 5.41) is 0. The number of hydrogen-bond acceptors (Lipinski definition) is 0. The van der Waals surface area contributed by atoms with Crippen molar-refractivity contribution in [2.24, 2.45) is 0 Å². The van der Waals surface area contributed by atoms with Crippen molar-refractivity contribution in [1.82, 2.24) is 0 Å². The van der Waals surface area contributed by atoms with Crippen LogP contribution >= 0.6 is 0 Å². The molecule has 0 atom stereocenters. The van der Waals surface area contributed by atoms with Gasteiger partial charge >= 0.3 is 65.8 Å². The van der Waals surface area contributed by atoms with Crippen LogP contribution in [0.15, 0.2) is 0 Å². The molecule has 0 spiro atoms. The van der Waals surface area contributed by atoms with Crippen molar-refractivity contribution in [1.29, 1.82) is 0 Å². The van der Waals surface area contributed by atoms with Gasteiger partial charge in [-0.2, -0.15) is 0 Å². The van der Waals surface area contributed by atoms with Gasteiger partial charge in [0.05, 0.1) is 0 Å². The first-order chi connectivity index (χ1) is 0. The number of halogens is 14. The van der Waals surface area contributed by atoms with Gasteiger partial charge in [0, 0.05) is 0 Å². The van der Waals surface area contributed by atoms with Gasteiger partial charge in [-0.25, -0.2) is 0 Å². The monoisotopic (exact) mass is 947 g/mol. The fraction of sp³-hybridized carbons (Fsp3) is 0. The molecule has 0 aromatic rings. The molecular formula is Cl14NbTaW. The molecule has 0 amide bonds. The summed E-state index contributed by atoms with van der Waals surface area (Å²) in [6, 6.07) is 0. The second kappa shape index (κ2) is 258. The molecule has 0 rings (SSSR count). The molecule has 0 saturated heterocycles. The van der Waals surface area contributed by atoms with Crippen molar-refractivity contribution in [3.63, 3.8) is 0 Å². The molecule has 0 unspecified atom stereocenters. The molecule has 0 N–H and O–H groups in total. The average molecular weight is 954 g/mol. The minimum atomic E-state index is 0. The molecule has 0 aromatic carbocycles. The van der Waals surface area contributed by atoms with Crippen LogP contribution in [-0.2, 0) is 65.8 Å². The minimum absolute atomic E-state index is 0. The number of rotatable bonds is 0. The molecule has 0 nitrogen and oxygen atoms in total. The second-order valence-corrected chi connectivity index (χ2v) is 0. The van der Waals surface area contributed by atoms with Crippen molar-refractivity contribution >= 4 is 0 Å². The molecule has 0 fully saturated rings. The fourth-order valence-corrected chi connectivity index (χ4v) is 0. The van der Waals surface area contributed by atoms with Crippen LogP contribution in [0.3, 0.4) is 0 Å². The molecule has 0 aliphatic rings. The zero-order chi connectivity index (χ0) is 0. The fourth-order valence-electron chi connectivity index (χ4n) is 0. The van der Waals surface area contributed by atoms with Gasteiger partial charge in [0.1, 0.15) is 0 Å². The van der Waals surface area contributed by atoms with E-state index in [9.17, 15) is 0 Å². The smallest absolute Gasteiger partial charge is 1.00 e. The van der Waals surface area contributed by atoms with Crippen LogP contribution in [0.5, 0.6) is 0 Å².